The van der Waals surface area contributed by atoms with E-state index in [4.69, 9.17) is 16.3 Å². The number of hydrogen-bond acceptors (Lipinski definition) is 2. The molecule has 2 nitrogen and oxygen atoms in total. The number of unbranched alkanes of at least 4 members (excludes halogenated alkanes) is 5. The molecule has 0 amide bonds. The van der Waals surface area contributed by atoms with Crippen LogP contribution < -0.4 is 4.74 Å². The van der Waals surface area contributed by atoms with E-state index in [9.17, 15) is 0 Å². The highest BCUT2D eigenvalue weighted by Crippen LogP contribution is 2.26. The summed E-state index contributed by atoms with van der Waals surface area (Å²) in [6.07, 6.45) is 9.04. The summed E-state index contributed by atoms with van der Waals surface area (Å²) in [4.78, 5) is 2.49. The standard InChI is InChI=1S/C20H32ClNO/c1-3-4-5-6-7-8-13-23-19-10-9-18(20(21)14-19)16-22-12-11-17(2)15-22/h9-10,14,17H,3-8,11-13,15-16H2,1-2H3. The Balaban J connectivity index is 1.69. The molecule has 1 aromatic rings. The molecule has 2 rings (SSSR count). The van der Waals surface area contributed by atoms with Crippen molar-refractivity contribution in [3.8, 4) is 5.75 Å². The average molecular weight is 338 g/mol. The zero-order valence-electron chi connectivity index (χ0n) is 14.8. The number of rotatable bonds is 10. The molecule has 0 N–H and O–H groups in total. The number of halogens is 1. The van der Waals surface area contributed by atoms with Crippen LogP contribution in [0, 0.1) is 5.92 Å². The smallest absolute Gasteiger partial charge is 0.120 e. The van der Waals surface area contributed by atoms with Gasteiger partial charge >= 0.3 is 0 Å². The van der Waals surface area contributed by atoms with E-state index < -0.39 is 0 Å². The van der Waals surface area contributed by atoms with Gasteiger partial charge in [-0.3, -0.25) is 4.90 Å². The molecule has 0 bridgehead atoms. The van der Waals surface area contributed by atoms with Gasteiger partial charge in [0.25, 0.3) is 0 Å². The van der Waals surface area contributed by atoms with Gasteiger partial charge in [-0.15, -0.1) is 0 Å². The Hall–Kier alpha value is -0.730. The normalized spacial score (nSPS) is 18.5. The van der Waals surface area contributed by atoms with E-state index >= 15 is 0 Å². The Bertz CT molecular complexity index is 463. The van der Waals surface area contributed by atoms with Crippen LogP contribution in [0.15, 0.2) is 18.2 Å². The number of likely N-dealkylation sites (tertiary alicyclic amines) is 1. The van der Waals surface area contributed by atoms with Crippen molar-refractivity contribution < 1.29 is 4.74 Å². The lowest BCUT2D eigenvalue weighted by atomic mass is 10.1. The van der Waals surface area contributed by atoms with E-state index in [-0.39, 0.29) is 0 Å². The Morgan fingerprint density at radius 1 is 1.17 bits per heavy atom. The Morgan fingerprint density at radius 3 is 2.65 bits per heavy atom. The lowest BCUT2D eigenvalue weighted by Crippen LogP contribution is -2.19. The van der Waals surface area contributed by atoms with E-state index in [1.807, 2.05) is 6.07 Å². The number of benzene rings is 1. The second-order valence-electron chi connectivity index (χ2n) is 7.00. The van der Waals surface area contributed by atoms with Crippen LogP contribution >= 0.6 is 11.6 Å². The first-order valence-electron chi connectivity index (χ1n) is 9.32. The van der Waals surface area contributed by atoms with Gasteiger partial charge in [-0.1, -0.05) is 63.6 Å². The number of ether oxygens (including phenoxy) is 1. The zero-order chi connectivity index (χ0) is 16.5. The van der Waals surface area contributed by atoms with E-state index in [0.717, 1.165) is 36.3 Å². The van der Waals surface area contributed by atoms with Gasteiger partial charge in [0, 0.05) is 18.1 Å². The minimum Gasteiger partial charge on any atom is -0.494 e. The molecule has 1 heterocycles. The molecule has 0 aromatic heterocycles. The zero-order valence-corrected chi connectivity index (χ0v) is 15.6. The molecule has 0 spiro atoms. The van der Waals surface area contributed by atoms with Gasteiger partial charge < -0.3 is 4.74 Å². The highest BCUT2D eigenvalue weighted by Gasteiger charge is 2.19. The predicted octanol–water partition coefficient (Wildman–Crippen LogP) is 5.92. The van der Waals surface area contributed by atoms with Crippen molar-refractivity contribution in [2.75, 3.05) is 19.7 Å². The fraction of sp³-hybridized carbons (Fsp3) is 0.700. The van der Waals surface area contributed by atoms with Crippen LogP contribution in [0.5, 0.6) is 5.75 Å². The summed E-state index contributed by atoms with van der Waals surface area (Å²) in [5, 5.41) is 0.838. The van der Waals surface area contributed by atoms with Crippen LogP contribution in [-0.4, -0.2) is 24.6 Å². The fourth-order valence-corrected chi connectivity index (χ4v) is 3.46. The van der Waals surface area contributed by atoms with Crippen LogP contribution in [0.3, 0.4) is 0 Å². The SMILES string of the molecule is CCCCCCCCOc1ccc(CN2CCC(C)C2)c(Cl)c1. The largest absolute Gasteiger partial charge is 0.494 e. The van der Waals surface area contributed by atoms with Crippen LogP contribution in [-0.2, 0) is 6.54 Å². The molecule has 0 aliphatic carbocycles. The number of nitrogens with zero attached hydrogens (tertiary/aromatic N) is 1. The molecule has 1 aliphatic rings. The van der Waals surface area contributed by atoms with E-state index in [1.54, 1.807) is 0 Å². The molecular weight excluding hydrogens is 306 g/mol. The van der Waals surface area contributed by atoms with Crippen molar-refractivity contribution in [1.29, 1.82) is 0 Å². The Labute approximate surface area is 147 Å². The van der Waals surface area contributed by atoms with Crippen molar-refractivity contribution in [2.24, 2.45) is 5.92 Å². The summed E-state index contributed by atoms with van der Waals surface area (Å²) in [6, 6.07) is 6.17. The highest BCUT2D eigenvalue weighted by molar-refractivity contribution is 6.31. The molecule has 0 radical (unpaired) electrons. The second-order valence-corrected chi connectivity index (χ2v) is 7.41. The quantitative estimate of drug-likeness (QED) is 0.491. The summed E-state index contributed by atoms with van der Waals surface area (Å²) < 4.78 is 5.84. The molecule has 130 valence electrons. The molecule has 1 aliphatic heterocycles. The Kier molecular flexibility index (Phi) is 8.25. The summed E-state index contributed by atoms with van der Waals surface area (Å²) in [7, 11) is 0. The van der Waals surface area contributed by atoms with Crippen molar-refractivity contribution in [1.82, 2.24) is 4.90 Å². The monoisotopic (exact) mass is 337 g/mol. The van der Waals surface area contributed by atoms with Gasteiger partial charge in [0.1, 0.15) is 5.75 Å². The Morgan fingerprint density at radius 2 is 1.96 bits per heavy atom. The highest BCUT2D eigenvalue weighted by atomic mass is 35.5. The molecule has 1 unspecified atom stereocenters. The van der Waals surface area contributed by atoms with Gasteiger partial charge in [-0.25, -0.2) is 0 Å². The van der Waals surface area contributed by atoms with E-state index in [1.165, 1.54) is 57.2 Å². The van der Waals surface area contributed by atoms with Crippen molar-refractivity contribution in [2.45, 2.75) is 65.3 Å². The minimum atomic E-state index is 0.797. The van der Waals surface area contributed by atoms with Crippen LogP contribution in [0.2, 0.25) is 5.02 Å². The maximum Gasteiger partial charge on any atom is 0.120 e. The third kappa shape index (κ3) is 6.73. The van der Waals surface area contributed by atoms with Crippen molar-refractivity contribution in [3.63, 3.8) is 0 Å². The first-order chi connectivity index (χ1) is 11.2. The van der Waals surface area contributed by atoms with E-state index in [2.05, 4.69) is 30.9 Å². The first kappa shape index (κ1) is 18.6. The third-order valence-corrected chi connectivity index (χ3v) is 5.04. The molecular formula is C20H32ClNO. The molecule has 1 fully saturated rings. The lowest BCUT2D eigenvalue weighted by molar-refractivity contribution is 0.303. The predicted molar refractivity (Wildman–Crippen MR) is 99.4 cm³/mol. The van der Waals surface area contributed by atoms with Gasteiger partial charge in [0.05, 0.1) is 6.61 Å². The summed E-state index contributed by atoms with van der Waals surface area (Å²) >= 11 is 6.43. The molecule has 1 saturated heterocycles. The van der Waals surface area contributed by atoms with E-state index in [0.29, 0.717) is 0 Å². The maximum atomic E-state index is 6.43. The molecule has 23 heavy (non-hydrogen) atoms. The summed E-state index contributed by atoms with van der Waals surface area (Å²) in [6.45, 7) is 8.70. The van der Waals surface area contributed by atoms with Gasteiger partial charge in [0.15, 0.2) is 0 Å². The second kappa shape index (κ2) is 10.2. The maximum absolute atomic E-state index is 6.43. The third-order valence-electron chi connectivity index (χ3n) is 4.69. The summed E-state index contributed by atoms with van der Waals surface area (Å²) in [5.74, 6) is 1.72. The van der Waals surface area contributed by atoms with Crippen molar-refractivity contribution in [3.05, 3.63) is 28.8 Å². The van der Waals surface area contributed by atoms with Crippen LogP contribution in [0.1, 0.15) is 64.4 Å². The first-order valence-corrected chi connectivity index (χ1v) is 9.70. The number of hydrogen-bond donors (Lipinski definition) is 0. The van der Waals surface area contributed by atoms with Gasteiger partial charge in [-0.2, -0.15) is 0 Å². The van der Waals surface area contributed by atoms with Crippen molar-refractivity contribution >= 4 is 11.6 Å². The summed E-state index contributed by atoms with van der Waals surface area (Å²) in [5.41, 5.74) is 1.22. The van der Waals surface area contributed by atoms with Crippen LogP contribution in [0.25, 0.3) is 0 Å². The molecule has 1 atom stereocenters. The lowest BCUT2D eigenvalue weighted by Gasteiger charge is -2.17. The minimum absolute atomic E-state index is 0.797. The average Bonchev–Trinajstić information content (AvgIpc) is 2.94. The molecule has 0 saturated carbocycles. The molecule has 1 aromatic carbocycles. The van der Waals surface area contributed by atoms with Gasteiger partial charge in [-0.05, 0) is 43.0 Å². The topological polar surface area (TPSA) is 12.5 Å². The van der Waals surface area contributed by atoms with Crippen LogP contribution in [0.4, 0.5) is 0 Å². The van der Waals surface area contributed by atoms with Gasteiger partial charge in [0.2, 0.25) is 0 Å². The molecule has 3 heteroatoms. The fourth-order valence-electron chi connectivity index (χ4n) is 3.23.